The number of rotatable bonds is 4. The SMILES string of the molecule is CC1(OC(=O)C(C)(C)OC(=O)C(O)(C(F)(F)F)C(F)(F)F)CCCC1. The van der Waals surface area contributed by atoms with Gasteiger partial charge in [0.05, 0.1) is 0 Å². The molecule has 1 aliphatic carbocycles. The molecule has 0 bridgehead atoms. The molecule has 1 rings (SSSR count). The quantitative estimate of drug-likeness (QED) is 0.600. The van der Waals surface area contributed by atoms with Gasteiger partial charge in [-0.3, -0.25) is 0 Å². The van der Waals surface area contributed by atoms with Gasteiger partial charge in [0.1, 0.15) is 5.60 Å². The third-order valence-electron chi connectivity index (χ3n) is 3.96. The van der Waals surface area contributed by atoms with E-state index in [0.29, 0.717) is 12.8 Å². The number of carbonyl (C=O) groups is 2. The maximum Gasteiger partial charge on any atom is 0.437 e. The molecule has 0 aromatic rings. The number of alkyl halides is 6. The van der Waals surface area contributed by atoms with Gasteiger partial charge in [0.2, 0.25) is 5.60 Å². The Balaban J connectivity index is 3.00. The molecule has 0 saturated heterocycles. The third kappa shape index (κ3) is 4.18. The molecule has 0 atom stereocenters. The Bertz CT molecular complexity index is 517. The molecule has 1 fully saturated rings. The van der Waals surface area contributed by atoms with Crippen LogP contribution in [-0.2, 0) is 19.1 Å². The van der Waals surface area contributed by atoms with E-state index in [1.807, 2.05) is 0 Å². The number of ether oxygens (including phenoxy) is 2. The second-order valence-corrected chi connectivity index (χ2v) is 6.65. The van der Waals surface area contributed by atoms with E-state index < -0.39 is 41.1 Å². The van der Waals surface area contributed by atoms with E-state index >= 15 is 0 Å². The van der Waals surface area contributed by atoms with Gasteiger partial charge in [-0.1, -0.05) is 0 Å². The Morgan fingerprint density at radius 3 is 1.68 bits per heavy atom. The summed E-state index contributed by atoms with van der Waals surface area (Å²) in [4.78, 5) is 23.5. The standard InChI is InChI=1S/C14H18F6O5/c1-10(2,8(21)25-11(3)6-4-5-7-11)24-9(22)12(23,13(15,16)17)14(18,19)20/h23H,4-7H2,1-3H3. The van der Waals surface area contributed by atoms with Gasteiger partial charge in [-0.05, 0) is 46.5 Å². The highest BCUT2D eigenvalue weighted by Crippen LogP contribution is 2.44. The molecule has 1 saturated carbocycles. The summed E-state index contributed by atoms with van der Waals surface area (Å²) in [5, 5.41) is 8.96. The van der Waals surface area contributed by atoms with Crippen molar-refractivity contribution >= 4 is 11.9 Å². The normalized spacial score (nSPS) is 18.8. The minimum absolute atomic E-state index is 0.456. The number of esters is 2. The average molecular weight is 380 g/mol. The number of aliphatic hydroxyl groups is 1. The Labute approximate surface area is 139 Å². The Kier molecular flexibility index (Phi) is 5.45. The van der Waals surface area contributed by atoms with Crippen LogP contribution in [0.5, 0.6) is 0 Å². The number of hydrogen-bond acceptors (Lipinski definition) is 5. The minimum atomic E-state index is -6.39. The minimum Gasteiger partial charge on any atom is -0.456 e. The molecule has 1 N–H and O–H groups in total. The highest BCUT2D eigenvalue weighted by Gasteiger charge is 2.77. The van der Waals surface area contributed by atoms with Crippen molar-refractivity contribution in [3.8, 4) is 0 Å². The van der Waals surface area contributed by atoms with Crippen molar-refractivity contribution in [1.29, 1.82) is 0 Å². The molecule has 0 aromatic carbocycles. The maximum absolute atomic E-state index is 12.6. The summed E-state index contributed by atoms with van der Waals surface area (Å²) in [6.07, 6.45) is -10.4. The van der Waals surface area contributed by atoms with Crippen LogP contribution >= 0.6 is 0 Å². The van der Waals surface area contributed by atoms with E-state index in [9.17, 15) is 35.9 Å². The zero-order chi connectivity index (χ0) is 19.9. The summed E-state index contributed by atoms with van der Waals surface area (Å²) in [6, 6.07) is 0. The third-order valence-corrected chi connectivity index (χ3v) is 3.96. The van der Waals surface area contributed by atoms with Crippen LogP contribution in [0.1, 0.15) is 46.5 Å². The highest BCUT2D eigenvalue weighted by atomic mass is 19.4. The lowest BCUT2D eigenvalue weighted by molar-refractivity contribution is -0.358. The van der Waals surface area contributed by atoms with Crippen molar-refractivity contribution in [3.05, 3.63) is 0 Å². The van der Waals surface area contributed by atoms with Crippen molar-refractivity contribution in [2.75, 3.05) is 0 Å². The molecule has 0 radical (unpaired) electrons. The van der Waals surface area contributed by atoms with Crippen molar-refractivity contribution in [3.63, 3.8) is 0 Å². The molecule has 0 unspecified atom stereocenters. The molecule has 11 heteroatoms. The zero-order valence-corrected chi connectivity index (χ0v) is 13.7. The monoisotopic (exact) mass is 380 g/mol. The first-order valence-electron chi connectivity index (χ1n) is 7.29. The fourth-order valence-electron chi connectivity index (χ4n) is 2.31. The van der Waals surface area contributed by atoms with E-state index in [1.54, 1.807) is 6.92 Å². The van der Waals surface area contributed by atoms with Crippen LogP contribution in [0, 0.1) is 0 Å². The van der Waals surface area contributed by atoms with Crippen molar-refractivity contribution < 1.29 is 50.5 Å². The molecular formula is C14H18F6O5. The van der Waals surface area contributed by atoms with Gasteiger partial charge in [0.15, 0.2) is 0 Å². The molecular weight excluding hydrogens is 362 g/mol. The fraction of sp³-hybridized carbons (Fsp3) is 0.857. The van der Waals surface area contributed by atoms with Crippen molar-refractivity contribution in [2.24, 2.45) is 0 Å². The predicted octanol–water partition coefficient (Wildman–Crippen LogP) is 3.04. The van der Waals surface area contributed by atoms with Crippen molar-refractivity contribution in [1.82, 2.24) is 0 Å². The van der Waals surface area contributed by atoms with Gasteiger partial charge in [0.25, 0.3) is 0 Å². The molecule has 0 heterocycles. The second-order valence-electron chi connectivity index (χ2n) is 6.65. The summed E-state index contributed by atoms with van der Waals surface area (Å²) in [5.41, 5.74) is -9.16. The summed E-state index contributed by atoms with van der Waals surface area (Å²) in [5.74, 6) is -4.36. The van der Waals surface area contributed by atoms with Crippen LogP contribution in [0.15, 0.2) is 0 Å². The topological polar surface area (TPSA) is 72.8 Å². The lowest BCUT2D eigenvalue weighted by atomic mass is 10.0. The van der Waals surface area contributed by atoms with E-state index in [0.717, 1.165) is 26.7 Å². The number of carbonyl (C=O) groups excluding carboxylic acids is 2. The summed E-state index contributed by atoms with van der Waals surface area (Å²) >= 11 is 0. The van der Waals surface area contributed by atoms with E-state index in [2.05, 4.69) is 4.74 Å². The lowest BCUT2D eigenvalue weighted by Crippen LogP contribution is -2.64. The first-order chi connectivity index (χ1) is 11.0. The molecule has 5 nitrogen and oxygen atoms in total. The average Bonchev–Trinajstić information content (AvgIpc) is 2.80. The predicted molar refractivity (Wildman–Crippen MR) is 70.2 cm³/mol. The van der Waals surface area contributed by atoms with Crippen LogP contribution in [0.25, 0.3) is 0 Å². The van der Waals surface area contributed by atoms with Gasteiger partial charge >= 0.3 is 29.9 Å². The van der Waals surface area contributed by atoms with Gasteiger partial charge in [-0.2, -0.15) is 26.3 Å². The van der Waals surface area contributed by atoms with Crippen LogP contribution < -0.4 is 0 Å². The first-order valence-corrected chi connectivity index (χ1v) is 7.29. The molecule has 0 amide bonds. The van der Waals surface area contributed by atoms with Gasteiger partial charge < -0.3 is 14.6 Å². The van der Waals surface area contributed by atoms with Crippen molar-refractivity contribution in [2.45, 2.75) is 75.6 Å². The Hall–Kier alpha value is -1.52. The Morgan fingerprint density at radius 2 is 1.32 bits per heavy atom. The first kappa shape index (κ1) is 21.5. The Morgan fingerprint density at radius 1 is 0.920 bits per heavy atom. The van der Waals surface area contributed by atoms with Gasteiger partial charge in [0, 0.05) is 0 Å². The fourth-order valence-corrected chi connectivity index (χ4v) is 2.31. The maximum atomic E-state index is 12.6. The summed E-state index contributed by atoms with van der Waals surface area (Å²) < 4.78 is 84.9. The summed E-state index contributed by atoms with van der Waals surface area (Å²) in [7, 11) is 0. The van der Waals surface area contributed by atoms with E-state index in [1.165, 1.54) is 0 Å². The van der Waals surface area contributed by atoms with Crippen LogP contribution in [0.2, 0.25) is 0 Å². The second kappa shape index (κ2) is 6.33. The number of hydrogen-bond donors (Lipinski definition) is 1. The molecule has 25 heavy (non-hydrogen) atoms. The van der Waals surface area contributed by atoms with Gasteiger partial charge in [-0.15, -0.1) is 0 Å². The molecule has 146 valence electrons. The summed E-state index contributed by atoms with van der Waals surface area (Å²) in [6.45, 7) is 3.11. The smallest absolute Gasteiger partial charge is 0.437 e. The largest absolute Gasteiger partial charge is 0.456 e. The van der Waals surface area contributed by atoms with Crippen LogP contribution in [-0.4, -0.2) is 46.2 Å². The van der Waals surface area contributed by atoms with E-state index in [-0.39, 0.29) is 0 Å². The van der Waals surface area contributed by atoms with Gasteiger partial charge in [-0.25, -0.2) is 9.59 Å². The molecule has 0 aliphatic heterocycles. The van der Waals surface area contributed by atoms with E-state index in [4.69, 9.17) is 9.84 Å². The molecule has 0 aromatic heterocycles. The molecule has 0 spiro atoms. The van der Waals surface area contributed by atoms with Crippen LogP contribution in [0.3, 0.4) is 0 Å². The van der Waals surface area contributed by atoms with Crippen LogP contribution in [0.4, 0.5) is 26.3 Å². The number of halogens is 6. The molecule has 1 aliphatic rings. The zero-order valence-electron chi connectivity index (χ0n) is 13.7. The lowest BCUT2D eigenvalue weighted by Gasteiger charge is -2.34. The highest BCUT2D eigenvalue weighted by molar-refractivity contribution is 5.87.